The molecule has 0 radical (unpaired) electrons. The van der Waals surface area contributed by atoms with Crippen LogP contribution in [0.15, 0.2) is 38.9 Å². The summed E-state index contributed by atoms with van der Waals surface area (Å²) in [5, 5.41) is 0.994. The molecule has 2 heterocycles. The summed E-state index contributed by atoms with van der Waals surface area (Å²) < 4.78 is 7.69. The van der Waals surface area contributed by atoms with Crippen molar-refractivity contribution in [2.75, 3.05) is 12.9 Å². The average molecular weight is 386 g/mol. The Hall–Kier alpha value is -2.61. The summed E-state index contributed by atoms with van der Waals surface area (Å²) in [6.45, 7) is 2.12. The standard InChI is InChI=1S/C19H22N4O3S/c1-5-6-11-27-17-14-16(22(2)19(25)23(3)18(14)24)20-15(21-17)12-7-9-13(26-4)10-8-12/h7-10H,5-6,11H2,1-4H3. The summed E-state index contributed by atoms with van der Waals surface area (Å²) in [7, 11) is 4.70. The average Bonchev–Trinajstić information content (AvgIpc) is 2.70. The van der Waals surface area contributed by atoms with Crippen LogP contribution in [0, 0.1) is 0 Å². The predicted molar refractivity (Wildman–Crippen MR) is 108 cm³/mol. The van der Waals surface area contributed by atoms with Gasteiger partial charge in [-0.2, -0.15) is 0 Å². The van der Waals surface area contributed by atoms with Crippen LogP contribution in [0.2, 0.25) is 0 Å². The number of thioether (sulfide) groups is 1. The molecule has 1 aromatic carbocycles. The van der Waals surface area contributed by atoms with E-state index in [1.807, 2.05) is 24.3 Å². The van der Waals surface area contributed by atoms with Crippen LogP contribution in [0.5, 0.6) is 5.75 Å². The zero-order valence-electron chi connectivity index (χ0n) is 15.9. The predicted octanol–water partition coefficient (Wildman–Crippen LogP) is 2.59. The van der Waals surface area contributed by atoms with Crippen molar-refractivity contribution in [3.05, 3.63) is 45.1 Å². The molecule has 0 aliphatic rings. The fourth-order valence-electron chi connectivity index (χ4n) is 2.72. The molecule has 2 aromatic heterocycles. The molecule has 0 saturated heterocycles. The smallest absolute Gasteiger partial charge is 0.332 e. The maximum absolute atomic E-state index is 12.7. The molecule has 0 aliphatic heterocycles. The molecular weight excluding hydrogens is 364 g/mol. The maximum Gasteiger partial charge on any atom is 0.332 e. The zero-order chi connectivity index (χ0) is 19.6. The first kappa shape index (κ1) is 19.2. The van der Waals surface area contributed by atoms with Gasteiger partial charge in [-0.1, -0.05) is 13.3 Å². The lowest BCUT2D eigenvalue weighted by molar-refractivity contribution is 0.415. The maximum atomic E-state index is 12.7. The number of benzene rings is 1. The third-order valence-corrected chi connectivity index (χ3v) is 5.41. The molecule has 142 valence electrons. The summed E-state index contributed by atoms with van der Waals surface area (Å²) in [5.74, 6) is 2.06. The first-order valence-electron chi connectivity index (χ1n) is 8.73. The van der Waals surface area contributed by atoms with Gasteiger partial charge in [0, 0.05) is 19.7 Å². The number of aryl methyl sites for hydroxylation is 1. The van der Waals surface area contributed by atoms with Gasteiger partial charge in [-0.25, -0.2) is 14.8 Å². The first-order valence-corrected chi connectivity index (χ1v) is 9.71. The van der Waals surface area contributed by atoms with Crippen molar-refractivity contribution in [3.8, 4) is 17.1 Å². The van der Waals surface area contributed by atoms with E-state index in [0.717, 1.165) is 34.5 Å². The Morgan fingerprint density at radius 3 is 2.41 bits per heavy atom. The van der Waals surface area contributed by atoms with E-state index in [2.05, 4.69) is 16.9 Å². The third-order valence-electron chi connectivity index (χ3n) is 4.35. The van der Waals surface area contributed by atoms with Crippen molar-refractivity contribution in [1.29, 1.82) is 0 Å². The Kier molecular flexibility index (Phi) is 5.65. The van der Waals surface area contributed by atoms with Crippen LogP contribution in [-0.2, 0) is 14.1 Å². The number of nitrogens with zero attached hydrogens (tertiary/aromatic N) is 4. The molecular formula is C19H22N4O3S. The first-order chi connectivity index (χ1) is 13.0. The second-order valence-corrected chi connectivity index (χ2v) is 7.27. The Morgan fingerprint density at radius 1 is 1.07 bits per heavy atom. The van der Waals surface area contributed by atoms with Crippen LogP contribution >= 0.6 is 11.8 Å². The minimum absolute atomic E-state index is 0.350. The molecule has 3 aromatic rings. The second kappa shape index (κ2) is 7.96. The topological polar surface area (TPSA) is 79.0 Å². The zero-order valence-corrected chi connectivity index (χ0v) is 16.7. The Bertz CT molecular complexity index is 1090. The number of rotatable bonds is 6. The van der Waals surface area contributed by atoms with Gasteiger partial charge in [0.2, 0.25) is 0 Å². The molecule has 0 saturated carbocycles. The van der Waals surface area contributed by atoms with Gasteiger partial charge < -0.3 is 4.74 Å². The molecule has 0 bridgehead atoms. The second-order valence-electron chi connectivity index (χ2n) is 6.19. The number of methoxy groups -OCH3 is 1. The fraction of sp³-hybridized carbons (Fsp3) is 0.368. The normalized spacial score (nSPS) is 11.1. The molecule has 0 unspecified atom stereocenters. The van der Waals surface area contributed by atoms with Crippen molar-refractivity contribution >= 4 is 22.8 Å². The van der Waals surface area contributed by atoms with E-state index in [4.69, 9.17) is 4.74 Å². The van der Waals surface area contributed by atoms with Gasteiger partial charge in [-0.15, -0.1) is 11.8 Å². The molecule has 27 heavy (non-hydrogen) atoms. The lowest BCUT2D eigenvalue weighted by atomic mass is 10.2. The number of hydrogen-bond donors (Lipinski definition) is 0. The Labute approximate surface area is 161 Å². The lowest BCUT2D eigenvalue weighted by Gasteiger charge is -2.12. The summed E-state index contributed by atoms with van der Waals surface area (Å²) in [5.41, 5.74) is 0.371. The van der Waals surface area contributed by atoms with E-state index < -0.39 is 5.69 Å². The van der Waals surface area contributed by atoms with Crippen LogP contribution < -0.4 is 16.0 Å². The van der Waals surface area contributed by atoms with Gasteiger partial charge >= 0.3 is 5.69 Å². The van der Waals surface area contributed by atoms with Crippen molar-refractivity contribution < 1.29 is 4.74 Å². The van der Waals surface area contributed by atoms with Gasteiger partial charge in [-0.05, 0) is 36.4 Å². The van der Waals surface area contributed by atoms with Gasteiger partial charge in [0.1, 0.15) is 16.2 Å². The molecule has 8 heteroatoms. The van der Waals surface area contributed by atoms with Crippen LogP contribution in [0.3, 0.4) is 0 Å². The van der Waals surface area contributed by atoms with Gasteiger partial charge in [0.15, 0.2) is 11.5 Å². The Balaban J connectivity index is 2.26. The molecule has 0 N–H and O–H groups in total. The summed E-state index contributed by atoms with van der Waals surface area (Å²) in [6.07, 6.45) is 2.07. The van der Waals surface area contributed by atoms with E-state index in [9.17, 15) is 9.59 Å². The summed E-state index contributed by atoms with van der Waals surface area (Å²) >= 11 is 1.52. The van der Waals surface area contributed by atoms with Crippen molar-refractivity contribution in [3.63, 3.8) is 0 Å². The van der Waals surface area contributed by atoms with Crippen LogP contribution in [0.1, 0.15) is 19.8 Å². The van der Waals surface area contributed by atoms with E-state index in [0.29, 0.717) is 21.9 Å². The highest BCUT2D eigenvalue weighted by molar-refractivity contribution is 7.99. The molecule has 0 fully saturated rings. The molecule has 0 aliphatic carbocycles. The molecule has 0 amide bonds. The Morgan fingerprint density at radius 2 is 1.78 bits per heavy atom. The van der Waals surface area contributed by atoms with E-state index in [1.165, 1.54) is 23.4 Å². The van der Waals surface area contributed by atoms with Crippen molar-refractivity contribution in [2.45, 2.75) is 24.8 Å². The SMILES string of the molecule is CCCCSc1nc(-c2ccc(OC)cc2)nc2c1c(=O)n(C)c(=O)n2C. The van der Waals surface area contributed by atoms with E-state index in [-0.39, 0.29) is 5.56 Å². The number of hydrogen-bond acceptors (Lipinski definition) is 6. The minimum atomic E-state index is -0.406. The highest BCUT2D eigenvalue weighted by Gasteiger charge is 2.18. The molecule has 0 spiro atoms. The van der Waals surface area contributed by atoms with Gasteiger partial charge in [0.25, 0.3) is 5.56 Å². The van der Waals surface area contributed by atoms with Gasteiger partial charge in [-0.3, -0.25) is 13.9 Å². The largest absolute Gasteiger partial charge is 0.497 e. The van der Waals surface area contributed by atoms with Crippen LogP contribution in [0.4, 0.5) is 0 Å². The molecule has 3 rings (SSSR count). The van der Waals surface area contributed by atoms with E-state index in [1.54, 1.807) is 14.2 Å². The number of aromatic nitrogens is 4. The molecule has 7 nitrogen and oxygen atoms in total. The lowest BCUT2D eigenvalue weighted by Crippen LogP contribution is -2.37. The van der Waals surface area contributed by atoms with Crippen LogP contribution in [-0.4, -0.2) is 32.0 Å². The van der Waals surface area contributed by atoms with Gasteiger partial charge in [0.05, 0.1) is 7.11 Å². The monoisotopic (exact) mass is 386 g/mol. The van der Waals surface area contributed by atoms with Crippen molar-refractivity contribution in [2.24, 2.45) is 14.1 Å². The quantitative estimate of drug-likeness (QED) is 0.368. The van der Waals surface area contributed by atoms with Crippen molar-refractivity contribution in [1.82, 2.24) is 19.1 Å². The third kappa shape index (κ3) is 3.62. The van der Waals surface area contributed by atoms with E-state index >= 15 is 0 Å². The number of ether oxygens (including phenoxy) is 1. The minimum Gasteiger partial charge on any atom is -0.497 e. The highest BCUT2D eigenvalue weighted by Crippen LogP contribution is 2.27. The fourth-order valence-corrected chi connectivity index (χ4v) is 3.82. The molecule has 0 atom stereocenters. The number of fused-ring (bicyclic) bond motifs is 1. The van der Waals surface area contributed by atoms with Crippen LogP contribution in [0.25, 0.3) is 22.4 Å². The summed E-state index contributed by atoms with van der Waals surface area (Å²) in [6, 6.07) is 7.38. The number of unbranched alkanes of at least 4 members (excludes halogenated alkanes) is 1. The highest BCUT2D eigenvalue weighted by atomic mass is 32.2. The summed E-state index contributed by atoms with van der Waals surface area (Å²) in [4.78, 5) is 34.3.